The Kier molecular flexibility index (Phi) is 3.36. The summed E-state index contributed by atoms with van der Waals surface area (Å²) in [5.74, 6) is 0.107. The second-order valence-electron chi connectivity index (χ2n) is 3.07. The molecule has 3 nitrogen and oxygen atoms in total. The maximum atomic E-state index is 10.7. The van der Waals surface area contributed by atoms with Crippen LogP contribution in [0.3, 0.4) is 0 Å². The number of primary amides is 1. The molecule has 0 saturated carbocycles. The smallest absolute Gasteiger partial charge is 0.258 e. The molecule has 0 bridgehead atoms. The Hall–Kier alpha value is -1.22. The predicted molar refractivity (Wildman–Crippen MR) is 55.5 cm³/mol. The van der Waals surface area contributed by atoms with Gasteiger partial charge in [0.1, 0.15) is 5.75 Å². The van der Waals surface area contributed by atoms with Crippen LogP contribution in [0.1, 0.15) is 12.5 Å². The highest BCUT2D eigenvalue weighted by molar-refractivity contribution is 6.31. The van der Waals surface area contributed by atoms with Crippen molar-refractivity contribution in [1.82, 2.24) is 0 Å². The van der Waals surface area contributed by atoms with Crippen molar-refractivity contribution >= 4 is 17.5 Å². The number of rotatable bonds is 3. The number of amides is 1. The van der Waals surface area contributed by atoms with Crippen LogP contribution in [0.4, 0.5) is 0 Å². The van der Waals surface area contributed by atoms with Crippen molar-refractivity contribution in [1.29, 1.82) is 0 Å². The van der Waals surface area contributed by atoms with Gasteiger partial charge in [-0.1, -0.05) is 11.6 Å². The van der Waals surface area contributed by atoms with Gasteiger partial charge in [0.25, 0.3) is 5.91 Å². The van der Waals surface area contributed by atoms with E-state index in [-0.39, 0.29) is 0 Å². The highest BCUT2D eigenvalue weighted by Gasteiger charge is 2.10. The number of ether oxygens (including phenoxy) is 1. The van der Waals surface area contributed by atoms with Crippen LogP contribution in [-0.4, -0.2) is 12.0 Å². The van der Waals surface area contributed by atoms with E-state index in [1.165, 1.54) is 0 Å². The minimum atomic E-state index is -0.629. The molecule has 14 heavy (non-hydrogen) atoms. The lowest BCUT2D eigenvalue weighted by Crippen LogP contribution is -2.30. The Balaban J connectivity index is 2.78. The first-order chi connectivity index (χ1) is 6.50. The number of hydrogen-bond acceptors (Lipinski definition) is 2. The highest BCUT2D eigenvalue weighted by Crippen LogP contribution is 2.21. The van der Waals surface area contributed by atoms with Gasteiger partial charge >= 0.3 is 0 Å². The van der Waals surface area contributed by atoms with E-state index in [1.54, 1.807) is 25.1 Å². The lowest BCUT2D eigenvalue weighted by atomic mass is 10.2. The van der Waals surface area contributed by atoms with Crippen molar-refractivity contribution in [2.24, 2.45) is 5.73 Å². The van der Waals surface area contributed by atoms with Gasteiger partial charge in [0.2, 0.25) is 0 Å². The van der Waals surface area contributed by atoms with Crippen LogP contribution in [-0.2, 0) is 4.79 Å². The van der Waals surface area contributed by atoms with E-state index in [0.29, 0.717) is 10.8 Å². The molecule has 0 aliphatic carbocycles. The van der Waals surface area contributed by atoms with Gasteiger partial charge in [-0.2, -0.15) is 0 Å². The standard InChI is InChI=1S/C10H12ClNO2/c1-6-5-8(3-4-9(6)11)14-7(2)10(12)13/h3-5,7H,1-2H3,(H2,12,13)/t7-/m1/s1. The molecule has 0 aliphatic heterocycles. The summed E-state index contributed by atoms with van der Waals surface area (Å²) in [4.78, 5) is 10.7. The summed E-state index contributed by atoms with van der Waals surface area (Å²) in [7, 11) is 0. The van der Waals surface area contributed by atoms with Crippen LogP contribution in [0.15, 0.2) is 18.2 Å². The number of carbonyl (C=O) groups is 1. The van der Waals surface area contributed by atoms with E-state index in [4.69, 9.17) is 22.1 Å². The van der Waals surface area contributed by atoms with E-state index in [1.807, 2.05) is 6.92 Å². The predicted octanol–water partition coefficient (Wildman–Crippen LogP) is 1.90. The van der Waals surface area contributed by atoms with Gasteiger partial charge in [0.05, 0.1) is 0 Å². The maximum Gasteiger partial charge on any atom is 0.258 e. The molecule has 0 aliphatic rings. The minimum Gasteiger partial charge on any atom is -0.481 e. The summed E-state index contributed by atoms with van der Waals surface area (Å²) in [5, 5.41) is 0.670. The average molecular weight is 214 g/mol. The number of aryl methyl sites for hydroxylation is 1. The van der Waals surface area contributed by atoms with Gasteiger partial charge in [0, 0.05) is 5.02 Å². The number of halogens is 1. The van der Waals surface area contributed by atoms with Gasteiger partial charge in [0.15, 0.2) is 6.10 Å². The van der Waals surface area contributed by atoms with E-state index >= 15 is 0 Å². The van der Waals surface area contributed by atoms with E-state index in [9.17, 15) is 4.79 Å². The van der Waals surface area contributed by atoms with E-state index in [0.717, 1.165) is 5.56 Å². The molecule has 0 heterocycles. The molecule has 1 atom stereocenters. The number of carbonyl (C=O) groups excluding carboxylic acids is 1. The zero-order valence-electron chi connectivity index (χ0n) is 8.08. The van der Waals surface area contributed by atoms with Crippen molar-refractivity contribution in [2.45, 2.75) is 20.0 Å². The summed E-state index contributed by atoms with van der Waals surface area (Å²) in [6, 6.07) is 5.19. The van der Waals surface area contributed by atoms with E-state index < -0.39 is 12.0 Å². The molecular weight excluding hydrogens is 202 g/mol. The summed E-state index contributed by atoms with van der Waals surface area (Å²) in [5.41, 5.74) is 5.97. The van der Waals surface area contributed by atoms with Crippen LogP contribution >= 0.6 is 11.6 Å². The lowest BCUT2D eigenvalue weighted by Gasteiger charge is -2.11. The summed E-state index contributed by atoms with van der Waals surface area (Å²) < 4.78 is 5.28. The van der Waals surface area contributed by atoms with Gasteiger partial charge < -0.3 is 10.5 Å². The normalized spacial score (nSPS) is 12.2. The Morgan fingerprint density at radius 1 is 1.57 bits per heavy atom. The quantitative estimate of drug-likeness (QED) is 0.834. The monoisotopic (exact) mass is 213 g/mol. The highest BCUT2D eigenvalue weighted by atomic mass is 35.5. The molecule has 4 heteroatoms. The maximum absolute atomic E-state index is 10.7. The third kappa shape index (κ3) is 2.64. The fraction of sp³-hybridized carbons (Fsp3) is 0.300. The zero-order chi connectivity index (χ0) is 10.7. The number of hydrogen-bond donors (Lipinski definition) is 1. The van der Waals surface area contributed by atoms with Crippen molar-refractivity contribution in [3.05, 3.63) is 28.8 Å². The number of benzene rings is 1. The lowest BCUT2D eigenvalue weighted by molar-refractivity contribution is -0.123. The Labute approximate surface area is 87.8 Å². The van der Waals surface area contributed by atoms with Gasteiger partial charge in [-0.05, 0) is 37.6 Å². The summed E-state index contributed by atoms with van der Waals surface area (Å²) >= 11 is 5.83. The van der Waals surface area contributed by atoms with E-state index in [2.05, 4.69) is 0 Å². The second kappa shape index (κ2) is 4.33. The molecule has 0 fully saturated rings. The third-order valence-corrected chi connectivity index (χ3v) is 2.27. The first kappa shape index (κ1) is 10.9. The zero-order valence-corrected chi connectivity index (χ0v) is 8.84. The second-order valence-corrected chi connectivity index (χ2v) is 3.48. The Bertz CT molecular complexity index is 352. The Morgan fingerprint density at radius 3 is 2.71 bits per heavy atom. The molecular formula is C10H12ClNO2. The number of nitrogens with two attached hydrogens (primary N) is 1. The average Bonchev–Trinajstić information content (AvgIpc) is 2.11. The minimum absolute atomic E-state index is 0.488. The Morgan fingerprint density at radius 2 is 2.21 bits per heavy atom. The molecule has 76 valence electrons. The molecule has 0 radical (unpaired) electrons. The fourth-order valence-electron chi connectivity index (χ4n) is 0.953. The van der Waals surface area contributed by atoms with Crippen molar-refractivity contribution in [2.75, 3.05) is 0 Å². The van der Waals surface area contributed by atoms with Gasteiger partial charge in [-0.25, -0.2) is 0 Å². The largest absolute Gasteiger partial charge is 0.481 e. The van der Waals surface area contributed by atoms with Crippen LogP contribution in [0, 0.1) is 6.92 Å². The third-order valence-electron chi connectivity index (χ3n) is 1.84. The molecule has 0 spiro atoms. The van der Waals surface area contributed by atoms with Crippen molar-refractivity contribution in [3.8, 4) is 5.75 Å². The SMILES string of the molecule is Cc1cc(O[C@H](C)C(N)=O)ccc1Cl. The van der Waals surface area contributed by atoms with Crippen LogP contribution in [0.2, 0.25) is 5.02 Å². The molecule has 0 unspecified atom stereocenters. The van der Waals surface area contributed by atoms with Crippen LogP contribution in [0.25, 0.3) is 0 Å². The van der Waals surface area contributed by atoms with Crippen LogP contribution < -0.4 is 10.5 Å². The summed E-state index contributed by atoms with van der Waals surface area (Å²) in [6.07, 6.45) is -0.629. The molecule has 0 saturated heterocycles. The van der Waals surface area contributed by atoms with Crippen molar-refractivity contribution in [3.63, 3.8) is 0 Å². The first-order valence-electron chi connectivity index (χ1n) is 4.23. The molecule has 1 rings (SSSR count). The van der Waals surface area contributed by atoms with Gasteiger partial charge in [-0.3, -0.25) is 4.79 Å². The van der Waals surface area contributed by atoms with Gasteiger partial charge in [-0.15, -0.1) is 0 Å². The molecule has 1 aromatic carbocycles. The topological polar surface area (TPSA) is 52.3 Å². The first-order valence-corrected chi connectivity index (χ1v) is 4.60. The molecule has 1 amide bonds. The molecule has 0 aromatic heterocycles. The molecule has 1 aromatic rings. The molecule has 2 N–H and O–H groups in total. The summed E-state index contributed by atoms with van der Waals surface area (Å²) in [6.45, 7) is 3.47. The van der Waals surface area contributed by atoms with Crippen molar-refractivity contribution < 1.29 is 9.53 Å². The van der Waals surface area contributed by atoms with Crippen LogP contribution in [0.5, 0.6) is 5.75 Å². The fourth-order valence-corrected chi connectivity index (χ4v) is 1.07.